The summed E-state index contributed by atoms with van der Waals surface area (Å²) < 4.78 is 25.5. The number of amides is 1. The van der Waals surface area contributed by atoms with Crippen molar-refractivity contribution in [2.75, 3.05) is 18.5 Å². The fourth-order valence-electron chi connectivity index (χ4n) is 4.70. The zero-order valence-electron chi connectivity index (χ0n) is 17.2. The number of rotatable bonds is 5. The number of nitrogens with zero attached hydrogens (tertiary/aromatic N) is 1. The zero-order valence-corrected chi connectivity index (χ0v) is 18.7. The third-order valence-corrected chi connectivity index (χ3v) is 9.18. The van der Waals surface area contributed by atoms with Crippen molar-refractivity contribution in [3.63, 3.8) is 0 Å². The van der Waals surface area contributed by atoms with Crippen LogP contribution in [0.5, 0.6) is 0 Å². The van der Waals surface area contributed by atoms with Crippen LogP contribution >= 0.6 is 11.6 Å². The minimum absolute atomic E-state index is 0.153. The van der Waals surface area contributed by atoms with Crippen LogP contribution in [0.4, 0.5) is 5.69 Å². The molecule has 30 heavy (non-hydrogen) atoms. The largest absolute Gasteiger partial charge is 0.374 e. The van der Waals surface area contributed by atoms with Gasteiger partial charge in [-0.1, -0.05) is 36.6 Å². The van der Waals surface area contributed by atoms with Gasteiger partial charge >= 0.3 is 0 Å². The third-order valence-electron chi connectivity index (χ3n) is 6.41. The van der Waals surface area contributed by atoms with Gasteiger partial charge in [0.25, 0.3) is 0 Å². The summed E-state index contributed by atoms with van der Waals surface area (Å²) in [5, 5.41) is 3.40. The van der Waals surface area contributed by atoms with Crippen molar-refractivity contribution in [3.05, 3.63) is 58.6 Å². The third kappa shape index (κ3) is 3.71. The number of sulfone groups is 1. The molecule has 0 radical (unpaired) electrons. The maximum absolute atomic E-state index is 13.4. The first-order valence-corrected chi connectivity index (χ1v) is 12.3. The minimum atomic E-state index is -3.82. The number of nitrogens with one attached hydrogen (secondary N) is 1. The minimum Gasteiger partial charge on any atom is -0.374 e. The van der Waals surface area contributed by atoms with Crippen molar-refractivity contribution < 1.29 is 13.2 Å². The fourth-order valence-corrected chi connectivity index (χ4v) is 6.91. The summed E-state index contributed by atoms with van der Waals surface area (Å²) in [6.07, 6.45) is 4.28. The van der Waals surface area contributed by atoms with Crippen LogP contribution in [0.3, 0.4) is 0 Å². The predicted molar refractivity (Wildman–Crippen MR) is 120 cm³/mol. The van der Waals surface area contributed by atoms with E-state index in [-0.39, 0.29) is 4.90 Å². The lowest BCUT2D eigenvalue weighted by Crippen LogP contribution is -2.50. The van der Waals surface area contributed by atoms with E-state index >= 15 is 0 Å². The number of carbonyl (C=O) groups excluding carboxylic acids is 1. The van der Waals surface area contributed by atoms with Gasteiger partial charge in [-0.05, 0) is 67.1 Å². The van der Waals surface area contributed by atoms with E-state index in [1.165, 1.54) is 23.4 Å². The second-order valence-electron chi connectivity index (χ2n) is 8.33. The molecule has 160 valence electrons. The summed E-state index contributed by atoms with van der Waals surface area (Å²) >= 11 is 5.92. The lowest BCUT2D eigenvalue weighted by atomic mass is 9.99. The molecule has 1 N–H and O–H groups in total. The highest BCUT2D eigenvalue weighted by Crippen LogP contribution is 2.41. The topological polar surface area (TPSA) is 66.5 Å². The number of hydrogen-bond acceptors (Lipinski definition) is 4. The summed E-state index contributed by atoms with van der Waals surface area (Å²) in [4.78, 5) is 15.6. The maximum atomic E-state index is 13.4. The molecule has 4 rings (SSSR count). The van der Waals surface area contributed by atoms with Gasteiger partial charge in [-0.15, -0.1) is 0 Å². The highest BCUT2D eigenvalue weighted by molar-refractivity contribution is 7.93. The van der Waals surface area contributed by atoms with Crippen molar-refractivity contribution >= 4 is 33.0 Å². The van der Waals surface area contributed by atoms with Crippen LogP contribution in [-0.4, -0.2) is 32.7 Å². The van der Waals surface area contributed by atoms with Gasteiger partial charge in [0.05, 0.1) is 4.90 Å². The van der Waals surface area contributed by atoms with Crippen molar-refractivity contribution in [1.29, 1.82) is 0 Å². The lowest BCUT2D eigenvalue weighted by Gasteiger charge is -2.29. The molecule has 1 saturated carbocycles. The number of anilines is 1. The first-order valence-electron chi connectivity index (χ1n) is 10.4. The number of aryl methyl sites for hydroxylation is 1. The molecule has 0 atom stereocenters. The predicted octanol–water partition coefficient (Wildman–Crippen LogP) is 4.13. The monoisotopic (exact) mass is 446 g/mol. The van der Waals surface area contributed by atoms with Gasteiger partial charge in [-0.3, -0.25) is 4.79 Å². The fraction of sp³-hybridized carbons (Fsp3) is 0.435. The van der Waals surface area contributed by atoms with Crippen molar-refractivity contribution in [2.24, 2.45) is 0 Å². The van der Waals surface area contributed by atoms with Gasteiger partial charge in [-0.25, -0.2) is 8.42 Å². The Morgan fingerprint density at radius 3 is 2.50 bits per heavy atom. The molecule has 2 aliphatic rings. The molecule has 7 heteroatoms. The van der Waals surface area contributed by atoms with Crippen LogP contribution in [0.1, 0.15) is 43.2 Å². The second-order valence-corrected chi connectivity index (χ2v) is 11.0. The number of hydrogen-bond donors (Lipinski definition) is 1. The standard InChI is InChI=1S/C23H27ClN2O3S/c1-26-14-4-5-18-15-17(6-11-21(18)26)16-25-22(27)23(12-2-3-13-23)30(28,29)20-9-7-19(24)8-10-20/h6-11,15H,2-5,12-14,16H2,1H3,(H,25,27). The van der Waals surface area contributed by atoms with Gasteiger partial charge in [0.15, 0.2) is 14.6 Å². The van der Waals surface area contributed by atoms with Gasteiger partial charge < -0.3 is 10.2 Å². The van der Waals surface area contributed by atoms with Gasteiger partial charge in [0, 0.05) is 30.8 Å². The van der Waals surface area contributed by atoms with Gasteiger partial charge in [0.1, 0.15) is 0 Å². The SMILES string of the molecule is CN1CCCc2cc(CNC(=O)C3(S(=O)(=O)c4ccc(Cl)cc4)CCCC3)ccc21. The van der Waals surface area contributed by atoms with E-state index in [2.05, 4.69) is 29.4 Å². The van der Waals surface area contributed by atoms with E-state index in [9.17, 15) is 13.2 Å². The Labute approximate surface area is 183 Å². The molecule has 2 aromatic rings. The van der Waals surface area contributed by atoms with Crippen LogP contribution in [0.2, 0.25) is 5.02 Å². The molecule has 0 spiro atoms. The van der Waals surface area contributed by atoms with Crippen LogP contribution in [0.15, 0.2) is 47.4 Å². The molecule has 1 aliphatic heterocycles. The van der Waals surface area contributed by atoms with E-state index in [1.54, 1.807) is 12.1 Å². The quantitative estimate of drug-likeness (QED) is 0.750. The Morgan fingerprint density at radius 2 is 1.80 bits per heavy atom. The maximum Gasteiger partial charge on any atom is 0.242 e. The Balaban J connectivity index is 1.55. The van der Waals surface area contributed by atoms with E-state index in [1.807, 2.05) is 6.07 Å². The van der Waals surface area contributed by atoms with Crippen molar-refractivity contribution in [2.45, 2.75) is 54.7 Å². The molecule has 1 aliphatic carbocycles. The highest BCUT2D eigenvalue weighted by Gasteiger charge is 2.52. The first kappa shape index (κ1) is 21.2. The summed E-state index contributed by atoms with van der Waals surface area (Å²) in [6.45, 7) is 1.38. The van der Waals surface area contributed by atoms with E-state index in [4.69, 9.17) is 11.6 Å². The summed E-state index contributed by atoms with van der Waals surface area (Å²) in [6, 6.07) is 12.3. The molecule has 1 heterocycles. The molecule has 5 nitrogen and oxygen atoms in total. The average molecular weight is 447 g/mol. The Morgan fingerprint density at radius 1 is 1.10 bits per heavy atom. The molecule has 2 aromatic carbocycles. The number of halogens is 1. The van der Waals surface area contributed by atoms with E-state index in [0.717, 1.165) is 37.8 Å². The Kier molecular flexibility index (Phi) is 5.82. The molecule has 1 fully saturated rings. The normalized spacial score (nSPS) is 18.1. The summed E-state index contributed by atoms with van der Waals surface area (Å²) in [5.74, 6) is -0.398. The Hall–Kier alpha value is -2.05. The van der Waals surface area contributed by atoms with E-state index < -0.39 is 20.5 Å². The molecule has 0 aromatic heterocycles. The van der Waals surface area contributed by atoms with Crippen LogP contribution in [-0.2, 0) is 27.6 Å². The molecular formula is C23H27ClN2O3S. The smallest absolute Gasteiger partial charge is 0.242 e. The first-order chi connectivity index (χ1) is 14.3. The van der Waals surface area contributed by atoms with Gasteiger partial charge in [0.2, 0.25) is 5.91 Å². The summed E-state index contributed by atoms with van der Waals surface area (Å²) in [5.41, 5.74) is 3.50. The molecule has 1 amide bonds. The second kappa shape index (κ2) is 8.23. The summed E-state index contributed by atoms with van der Waals surface area (Å²) in [7, 11) is -1.73. The highest BCUT2D eigenvalue weighted by atomic mass is 35.5. The lowest BCUT2D eigenvalue weighted by molar-refractivity contribution is -0.123. The number of fused-ring (bicyclic) bond motifs is 1. The molecular weight excluding hydrogens is 420 g/mol. The van der Waals surface area contributed by atoms with E-state index in [0.29, 0.717) is 24.4 Å². The van der Waals surface area contributed by atoms with Crippen LogP contribution in [0.25, 0.3) is 0 Å². The van der Waals surface area contributed by atoms with Crippen LogP contribution in [0, 0.1) is 0 Å². The number of carbonyl (C=O) groups is 1. The van der Waals surface area contributed by atoms with Crippen LogP contribution < -0.4 is 10.2 Å². The average Bonchev–Trinajstić information content (AvgIpc) is 3.24. The Bertz CT molecular complexity index is 1040. The number of benzene rings is 2. The molecule has 0 saturated heterocycles. The van der Waals surface area contributed by atoms with Crippen molar-refractivity contribution in [1.82, 2.24) is 5.32 Å². The van der Waals surface area contributed by atoms with Crippen molar-refractivity contribution in [3.8, 4) is 0 Å². The zero-order chi connectivity index (χ0) is 21.4. The molecule has 0 bridgehead atoms. The molecule has 0 unspecified atom stereocenters. The van der Waals surface area contributed by atoms with Gasteiger partial charge in [-0.2, -0.15) is 0 Å².